The lowest BCUT2D eigenvalue weighted by Gasteiger charge is -2.39. The molecule has 0 rings (SSSR count). The van der Waals surface area contributed by atoms with E-state index >= 15 is 0 Å². The summed E-state index contributed by atoms with van der Waals surface area (Å²) in [7, 11) is 0. The number of rotatable bonds is 12. The first-order chi connectivity index (χ1) is 10.9. The average molecular weight is 322 g/mol. The molecule has 0 aliphatic heterocycles. The molecule has 23 heavy (non-hydrogen) atoms. The van der Waals surface area contributed by atoms with Gasteiger partial charge in [0.25, 0.3) is 0 Å². The van der Waals surface area contributed by atoms with Crippen LogP contribution < -0.4 is 0 Å². The van der Waals surface area contributed by atoms with Crippen molar-refractivity contribution in [3.05, 3.63) is 0 Å². The van der Waals surface area contributed by atoms with Crippen LogP contribution in [0.15, 0.2) is 0 Å². The standard InChI is InChI=1S/C20H35NO2/c1-6-9-11-13-15-17-20(5,16-14-12-10-7-2)21(18(4)22)19(23)8-3/h3H,6-7,9-17H2,1-2,4-5H3. The van der Waals surface area contributed by atoms with Crippen molar-refractivity contribution in [2.75, 3.05) is 0 Å². The third-order valence-electron chi connectivity index (χ3n) is 4.57. The number of amides is 2. The highest BCUT2D eigenvalue weighted by Crippen LogP contribution is 2.29. The highest BCUT2D eigenvalue weighted by atomic mass is 16.2. The van der Waals surface area contributed by atoms with E-state index in [0.29, 0.717) is 0 Å². The maximum Gasteiger partial charge on any atom is 0.305 e. The maximum absolute atomic E-state index is 12.1. The molecular weight excluding hydrogens is 286 g/mol. The molecule has 0 aliphatic carbocycles. The first kappa shape index (κ1) is 21.7. The average Bonchev–Trinajstić information content (AvgIpc) is 2.51. The van der Waals surface area contributed by atoms with Crippen LogP contribution in [0.5, 0.6) is 0 Å². The molecule has 0 aromatic rings. The first-order valence-corrected chi connectivity index (χ1v) is 9.24. The summed E-state index contributed by atoms with van der Waals surface area (Å²) in [6, 6.07) is 0. The fourth-order valence-corrected chi connectivity index (χ4v) is 3.22. The van der Waals surface area contributed by atoms with Crippen molar-refractivity contribution < 1.29 is 9.59 Å². The van der Waals surface area contributed by atoms with E-state index in [2.05, 4.69) is 19.8 Å². The van der Waals surface area contributed by atoms with Crippen molar-refractivity contribution in [3.63, 3.8) is 0 Å². The van der Waals surface area contributed by atoms with Crippen molar-refractivity contribution in [1.82, 2.24) is 4.90 Å². The molecular formula is C20H35NO2. The number of carbonyl (C=O) groups excluding carboxylic acids is 2. The molecule has 0 saturated carbocycles. The minimum Gasteiger partial charge on any atom is -0.275 e. The molecule has 3 nitrogen and oxygen atoms in total. The zero-order chi connectivity index (χ0) is 17.7. The van der Waals surface area contributed by atoms with Gasteiger partial charge in [-0.1, -0.05) is 71.6 Å². The zero-order valence-electron chi connectivity index (χ0n) is 15.6. The van der Waals surface area contributed by atoms with E-state index in [9.17, 15) is 9.59 Å². The maximum atomic E-state index is 12.1. The predicted molar refractivity (Wildman–Crippen MR) is 96.9 cm³/mol. The van der Waals surface area contributed by atoms with E-state index in [-0.39, 0.29) is 5.91 Å². The third-order valence-corrected chi connectivity index (χ3v) is 4.57. The van der Waals surface area contributed by atoms with Crippen LogP contribution in [0.3, 0.4) is 0 Å². The molecule has 0 fully saturated rings. The van der Waals surface area contributed by atoms with E-state index in [1.165, 1.54) is 43.9 Å². The second kappa shape index (κ2) is 12.2. The van der Waals surface area contributed by atoms with Crippen molar-refractivity contribution in [2.24, 2.45) is 0 Å². The van der Waals surface area contributed by atoms with E-state index in [4.69, 9.17) is 6.42 Å². The lowest BCUT2D eigenvalue weighted by molar-refractivity contribution is -0.147. The number of carbonyl (C=O) groups is 2. The summed E-state index contributed by atoms with van der Waals surface area (Å²) in [5.74, 6) is 1.40. The summed E-state index contributed by atoms with van der Waals surface area (Å²) in [5.41, 5.74) is -0.449. The Bertz CT molecular complexity index is 397. The molecule has 0 aliphatic rings. The molecule has 0 bridgehead atoms. The Balaban J connectivity index is 4.90. The van der Waals surface area contributed by atoms with Crippen LogP contribution in [0.2, 0.25) is 0 Å². The van der Waals surface area contributed by atoms with Gasteiger partial charge in [-0.25, -0.2) is 0 Å². The molecule has 0 N–H and O–H groups in total. The number of hydrogen-bond donors (Lipinski definition) is 0. The second-order valence-corrected chi connectivity index (χ2v) is 6.78. The van der Waals surface area contributed by atoms with Gasteiger partial charge < -0.3 is 0 Å². The van der Waals surface area contributed by atoms with Crippen molar-refractivity contribution in [2.45, 2.75) is 104 Å². The van der Waals surface area contributed by atoms with E-state index < -0.39 is 11.4 Å². The summed E-state index contributed by atoms with van der Waals surface area (Å²) in [5, 5.41) is 0. The normalized spacial score (nSPS) is 13.2. The highest BCUT2D eigenvalue weighted by molar-refractivity contribution is 6.04. The van der Waals surface area contributed by atoms with Gasteiger partial charge >= 0.3 is 5.91 Å². The Morgan fingerprint density at radius 3 is 1.74 bits per heavy atom. The summed E-state index contributed by atoms with van der Waals surface area (Å²) in [6.07, 6.45) is 17.3. The van der Waals surface area contributed by atoms with Crippen LogP contribution in [0.4, 0.5) is 0 Å². The largest absolute Gasteiger partial charge is 0.305 e. The minimum absolute atomic E-state index is 0.237. The molecule has 0 aromatic carbocycles. The van der Waals surface area contributed by atoms with Crippen LogP contribution in [0, 0.1) is 12.3 Å². The Hall–Kier alpha value is -1.30. The molecule has 0 saturated heterocycles. The Labute approximate surface area is 143 Å². The van der Waals surface area contributed by atoms with Gasteiger partial charge in [-0.3, -0.25) is 14.5 Å². The summed E-state index contributed by atoms with van der Waals surface area (Å²) < 4.78 is 0. The number of nitrogens with zero attached hydrogens (tertiary/aromatic N) is 1. The molecule has 3 heteroatoms. The molecule has 1 atom stereocenters. The van der Waals surface area contributed by atoms with E-state index in [1.54, 1.807) is 0 Å². The third kappa shape index (κ3) is 8.21. The number of terminal acetylenes is 1. The topological polar surface area (TPSA) is 37.4 Å². The van der Waals surface area contributed by atoms with Gasteiger partial charge in [0.15, 0.2) is 0 Å². The fraction of sp³-hybridized carbons (Fsp3) is 0.800. The van der Waals surface area contributed by atoms with Crippen LogP contribution in [0.25, 0.3) is 0 Å². The Morgan fingerprint density at radius 2 is 1.35 bits per heavy atom. The molecule has 0 spiro atoms. The number of hydrogen-bond acceptors (Lipinski definition) is 2. The first-order valence-electron chi connectivity index (χ1n) is 9.24. The monoisotopic (exact) mass is 321 g/mol. The molecule has 132 valence electrons. The lowest BCUT2D eigenvalue weighted by Crippen LogP contribution is -2.52. The Kier molecular flexibility index (Phi) is 11.5. The molecule has 0 heterocycles. The predicted octanol–water partition coefficient (Wildman–Crippen LogP) is 5.08. The van der Waals surface area contributed by atoms with Crippen molar-refractivity contribution in [3.8, 4) is 12.3 Å². The molecule has 1 unspecified atom stereocenters. The summed E-state index contributed by atoms with van der Waals surface area (Å²) in [4.78, 5) is 25.4. The van der Waals surface area contributed by atoms with Gasteiger partial charge in [-0.2, -0.15) is 0 Å². The number of unbranched alkanes of at least 4 members (excludes halogenated alkanes) is 7. The van der Waals surface area contributed by atoms with Crippen LogP contribution >= 0.6 is 0 Å². The Morgan fingerprint density at radius 1 is 0.913 bits per heavy atom. The van der Waals surface area contributed by atoms with Gasteiger partial charge in [0.2, 0.25) is 5.91 Å². The quantitative estimate of drug-likeness (QED) is 0.371. The van der Waals surface area contributed by atoms with Crippen molar-refractivity contribution >= 4 is 11.8 Å². The second-order valence-electron chi connectivity index (χ2n) is 6.78. The SMILES string of the molecule is C#CC(=O)N(C(C)=O)C(C)(CCCCCC)CCCCCCC. The minimum atomic E-state index is -0.496. The van der Waals surface area contributed by atoms with E-state index in [1.807, 2.05) is 6.92 Å². The lowest BCUT2D eigenvalue weighted by atomic mass is 9.86. The molecule has 2 amide bonds. The van der Waals surface area contributed by atoms with Crippen LogP contribution in [-0.4, -0.2) is 22.3 Å². The van der Waals surface area contributed by atoms with Gasteiger partial charge in [0, 0.05) is 12.5 Å². The van der Waals surface area contributed by atoms with Crippen LogP contribution in [-0.2, 0) is 9.59 Å². The van der Waals surface area contributed by atoms with Gasteiger partial charge in [0.05, 0.1) is 0 Å². The summed E-state index contributed by atoms with van der Waals surface area (Å²) >= 11 is 0. The molecule has 0 radical (unpaired) electrons. The van der Waals surface area contributed by atoms with Crippen molar-refractivity contribution in [1.29, 1.82) is 0 Å². The fourth-order valence-electron chi connectivity index (χ4n) is 3.22. The molecule has 0 aromatic heterocycles. The van der Waals surface area contributed by atoms with Gasteiger partial charge in [0.1, 0.15) is 0 Å². The van der Waals surface area contributed by atoms with Gasteiger partial charge in [-0.05, 0) is 25.7 Å². The summed E-state index contributed by atoms with van der Waals surface area (Å²) in [6.45, 7) is 7.84. The highest BCUT2D eigenvalue weighted by Gasteiger charge is 2.36. The van der Waals surface area contributed by atoms with E-state index in [0.717, 1.165) is 38.5 Å². The zero-order valence-corrected chi connectivity index (χ0v) is 15.6. The smallest absolute Gasteiger partial charge is 0.275 e. The van der Waals surface area contributed by atoms with Gasteiger partial charge in [-0.15, -0.1) is 6.42 Å². The number of imide groups is 1. The van der Waals surface area contributed by atoms with Crippen LogP contribution in [0.1, 0.15) is 98.3 Å².